The number of nitrogens with zero attached hydrogens (tertiary/aromatic N) is 3. The molecule has 0 unspecified atom stereocenters. The molecule has 24 heavy (non-hydrogen) atoms. The Hall–Kier alpha value is -2.53. The van der Waals surface area contributed by atoms with Gasteiger partial charge in [-0.15, -0.1) is 11.3 Å². The molecule has 3 rings (SSSR count). The average Bonchev–Trinajstić information content (AvgIpc) is 3.07. The summed E-state index contributed by atoms with van der Waals surface area (Å²) < 4.78 is 0. The van der Waals surface area contributed by atoms with Gasteiger partial charge in [-0.2, -0.15) is 0 Å². The van der Waals surface area contributed by atoms with Crippen LogP contribution in [-0.2, 0) is 0 Å². The summed E-state index contributed by atoms with van der Waals surface area (Å²) in [5, 5.41) is 2.56. The Kier molecular flexibility index (Phi) is 4.71. The van der Waals surface area contributed by atoms with Crippen molar-refractivity contribution in [1.29, 1.82) is 0 Å². The summed E-state index contributed by atoms with van der Waals surface area (Å²) in [4.78, 5) is 23.6. The zero-order valence-electron chi connectivity index (χ0n) is 13.9. The Balaban J connectivity index is 1.95. The molecule has 122 valence electrons. The van der Waals surface area contributed by atoms with Crippen LogP contribution in [-0.4, -0.2) is 21.9 Å². The van der Waals surface area contributed by atoms with Gasteiger partial charge < -0.3 is 4.90 Å². The predicted octanol–water partition coefficient (Wildman–Crippen LogP) is 4.57. The van der Waals surface area contributed by atoms with Gasteiger partial charge >= 0.3 is 0 Å². The van der Waals surface area contributed by atoms with Crippen molar-refractivity contribution in [1.82, 2.24) is 9.97 Å². The van der Waals surface area contributed by atoms with E-state index in [2.05, 4.69) is 9.97 Å². The van der Waals surface area contributed by atoms with Gasteiger partial charge in [0.15, 0.2) is 0 Å². The lowest BCUT2D eigenvalue weighted by Gasteiger charge is -2.27. The van der Waals surface area contributed by atoms with Crippen molar-refractivity contribution >= 4 is 22.9 Å². The van der Waals surface area contributed by atoms with Crippen molar-refractivity contribution in [2.45, 2.75) is 26.8 Å². The van der Waals surface area contributed by atoms with E-state index >= 15 is 0 Å². The fourth-order valence-corrected chi connectivity index (χ4v) is 3.33. The van der Waals surface area contributed by atoms with Crippen LogP contribution in [0.15, 0.2) is 54.0 Å². The summed E-state index contributed by atoms with van der Waals surface area (Å²) in [5.74, 6) is -0.0854. The molecule has 4 nitrogen and oxygen atoms in total. The molecule has 0 aliphatic rings. The van der Waals surface area contributed by atoms with Crippen LogP contribution in [0, 0.1) is 6.92 Å². The zero-order valence-corrected chi connectivity index (χ0v) is 14.7. The SMILES string of the molecule is Cc1ccccc1N(C(=O)c1csc(-c2ccccn2)n1)C(C)C. The minimum absolute atomic E-state index is 0.0404. The van der Waals surface area contributed by atoms with Gasteiger partial charge in [-0.1, -0.05) is 24.3 Å². The molecule has 0 aliphatic heterocycles. The molecule has 5 heteroatoms. The maximum absolute atomic E-state index is 13.0. The van der Waals surface area contributed by atoms with Crippen LogP contribution < -0.4 is 4.90 Å². The summed E-state index contributed by atoms with van der Waals surface area (Å²) in [6.45, 7) is 6.03. The van der Waals surface area contributed by atoms with Crippen LogP contribution in [0.5, 0.6) is 0 Å². The van der Waals surface area contributed by atoms with Crippen molar-refractivity contribution in [3.05, 3.63) is 65.3 Å². The molecular formula is C19H19N3OS. The topological polar surface area (TPSA) is 46.1 Å². The number of pyridine rings is 1. The van der Waals surface area contributed by atoms with E-state index in [4.69, 9.17) is 0 Å². The number of aromatic nitrogens is 2. The van der Waals surface area contributed by atoms with Crippen LogP contribution in [0.1, 0.15) is 29.9 Å². The first kappa shape index (κ1) is 16.3. The molecular weight excluding hydrogens is 318 g/mol. The highest BCUT2D eigenvalue weighted by atomic mass is 32.1. The number of hydrogen-bond donors (Lipinski definition) is 0. The van der Waals surface area contributed by atoms with E-state index in [0.717, 1.165) is 22.0 Å². The normalized spacial score (nSPS) is 10.8. The lowest BCUT2D eigenvalue weighted by molar-refractivity contribution is 0.0976. The van der Waals surface area contributed by atoms with Crippen LogP contribution in [0.4, 0.5) is 5.69 Å². The Bertz CT molecular complexity index is 843. The Labute approximate surface area is 145 Å². The maximum atomic E-state index is 13.0. The highest BCUT2D eigenvalue weighted by Gasteiger charge is 2.24. The molecule has 0 radical (unpaired) electrons. The van der Waals surface area contributed by atoms with Crippen LogP contribution in [0.3, 0.4) is 0 Å². The third-order valence-electron chi connectivity index (χ3n) is 3.72. The number of carbonyl (C=O) groups excluding carboxylic acids is 1. The molecule has 0 spiro atoms. The molecule has 2 heterocycles. The molecule has 0 aliphatic carbocycles. The third-order valence-corrected chi connectivity index (χ3v) is 4.58. The highest BCUT2D eigenvalue weighted by Crippen LogP contribution is 2.26. The van der Waals surface area contributed by atoms with Gasteiger partial charge in [0.2, 0.25) is 0 Å². The second-order valence-corrected chi connectivity index (χ2v) is 6.67. The van der Waals surface area contributed by atoms with Crippen LogP contribution in [0.25, 0.3) is 10.7 Å². The summed E-state index contributed by atoms with van der Waals surface area (Å²) in [5.41, 5.74) is 3.23. The first-order valence-corrected chi connectivity index (χ1v) is 8.72. The van der Waals surface area contributed by atoms with Crippen molar-refractivity contribution in [2.24, 2.45) is 0 Å². The van der Waals surface area contributed by atoms with E-state index in [1.807, 2.05) is 63.2 Å². The first-order valence-electron chi connectivity index (χ1n) is 7.84. The van der Waals surface area contributed by atoms with E-state index in [9.17, 15) is 4.79 Å². The first-order chi connectivity index (χ1) is 11.6. The van der Waals surface area contributed by atoms with E-state index in [0.29, 0.717) is 5.69 Å². The molecule has 0 saturated heterocycles. The van der Waals surface area contributed by atoms with Gasteiger partial charge in [0.05, 0.1) is 5.69 Å². The Morgan fingerprint density at radius 1 is 1.12 bits per heavy atom. The number of para-hydroxylation sites is 1. The Morgan fingerprint density at radius 3 is 2.54 bits per heavy atom. The smallest absolute Gasteiger partial charge is 0.278 e. The second-order valence-electron chi connectivity index (χ2n) is 5.81. The number of rotatable bonds is 4. The molecule has 1 aromatic carbocycles. The molecule has 1 amide bonds. The lowest BCUT2D eigenvalue weighted by atomic mass is 10.1. The number of thiazole rings is 1. The van der Waals surface area contributed by atoms with E-state index < -0.39 is 0 Å². The maximum Gasteiger partial charge on any atom is 0.278 e. The van der Waals surface area contributed by atoms with E-state index in [1.165, 1.54) is 11.3 Å². The fourth-order valence-electron chi connectivity index (χ4n) is 2.56. The summed E-state index contributed by atoms with van der Waals surface area (Å²) in [7, 11) is 0. The van der Waals surface area contributed by atoms with Gasteiger partial charge in [-0.3, -0.25) is 9.78 Å². The van der Waals surface area contributed by atoms with Crippen molar-refractivity contribution in [2.75, 3.05) is 4.90 Å². The largest absolute Gasteiger partial charge is 0.304 e. The number of aryl methyl sites for hydroxylation is 1. The lowest BCUT2D eigenvalue weighted by Crippen LogP contribution is -2.37. The van der Waals surface area contributed by atoms with E-state index in [1.54, 1.807) is 16.5 Å². The number of hydrogen-bond acceptors (Lipinski definition) is 4. The Morgan fingerprint density at radius 2 is 1.88 bits per heavy atom. The molecule has 0 atom stereocenters. The van der Waals surface area contributed by atoms with Crippen LogP contribution in [0.2, 0.25) is 0 Å². The molecule has 2 aromatic heterocycles. The minimum atomic E-state index is -0.0854. The van der Waals surface area contributed by atoms with Gasteiger partial charge in [0, 0.05) is 23.3 Å². The van der Waals surface area contributed by atoms with Crippen LogP contribution >= 0.6 is 11.3 Å². The van der Waals surface area contributed by atoms with Crippen molar-refractivity contribution in [3.63, 3.8) is 0 Å². The van der Waals surface area contributed by atoms with Gasteiger partial charge in [-0.25, -0.2) is 4.98 Å². The molecule has 3 aromatic rings. The zero-order chi connectivity index (χ0) is 17.1. The van der Waals surface area contributed by atoms with E-state index in [-0.39, 0.29) is 11.9 Å². The van der Waals surface area contributed by atoms with Gasteiger partial charge in [0.1, 0.15) is 10.7 Å². The van der Waals surface area contributed by atoms with Gasteiger partial charge in [-0.05, 0) is 44.5 Å². The van der Waals surface area contributed by atoms with Crippen molar-refractivity contribution in [3.8, 4) is 10.7 Å². The summed E-state index contributed by atoms with van der Waals surface area (Å²) in [6.07, 6.45) is 1.73. The average molecular weight is 337 g/mol. The summed E-state index contributed by atoms with van der Waals surface area (Å²) in [6, 6.07) is 13.6. The van der Waals surface area contributed by atoms with Crippen molar-refractivity contribution < 1.29 is 4.79 Å². The number of benzene rings is 1. The summed E-state index contributed by atoms with van der Waals surface area (Å²) >= 11 is 1.44. The van der Waals surface area contributed by atoms with Gasteiger partial charge in [0.25, 0.3) is 5.91 Å². The third kappa shape index (κ3) is 3.21. The predicted molar refractivity (Wildman–Crippen MR) is 98.5 cm³/mol. The molecule has 0 N–H and O–H groups in total. The minimum Gasteiger partial charge on any atom is -0.304 e. The number of carbonyl (C=O) groups is 1. The molecule has 0 fully saturated rings. The second kappa shape index (κ2) is 6.93. The molecule has 0 bridgehead atoms. The fraction of sp³-hybridized carbons (Fsp3) is 0.211. The number of anilines is 1. The quantitative estimate of drug-likeness (QED) is 0.700. The monoisotopic (exact) mass is 337 g/mol. The number of amides is 1. The molecule has 0 saturated carbocycles. The standard InChI is InChI=1S/C19H19N3OS/c1-13(2)22(17-10-5-4-8-14(17)3)19(23)16-12-24-18(21-16)15-9-6-7-11-20-15/h4-13H,1-3H3. The highest BCUT2D eigenvalue weighted by molar-refractivity contribution is 7.13.